The fourth-order valence-corrected chi connectivity index (χ4v) is 4.85. The van der Waals surface area contributed by atoms with Gasteiger partial charge < -0.3 is 10.2 Å². The average molecular weight is 563 g/mol. The number of carbonyl (C=O) groups is 2. The van der Waals surface area contributed by atoms with Gasteiger partial charge in [0.2, 0.25) is 21.8 Å². The third-order valence-corrected chi connectivity index (χ3v) is 7.72. The lowest BCUT2D eigenvalue weighted by Crippen LogP contribution is -2.53. The summed E-state index contributed by atoms with van der Waals surface area (Å²) in [4.78, 5) is 28.1. The molecule has 0 aromatic heterocycles. The van der Waals surface area contributed by atoms with Crippen LogP contribution < -0.4 is 9.62 Å². The molecule has 192 valence electrons. The van der Waals surface area contributed by atoms with E-state index >= 15 is 0 Å². The summed E-state index contributed by atoms with van der Waals surface area (Å²) in [5.41, 5.74) is 0.822. The number of amides is 2. The van der Waals surface area contributed by atoms with Crippen molar-refractivity contribution in [1.82, 2.24) is 10.2 Å². The van der Waals surface area contributed by atoms with Gasteiger partial charge in [0.15, 0.2) is 0 Å². The van der Waals surface area contributed by atoms with E-state index in [1.54, 1.807) is 37.3 Å². The Labute approximate surface area is 222 Å². The van der Waals surface area contributed by atoms with Crippen LogP contribution in [0.1, 0.15) is 39.2 Å². The molecule has 0 aliphatic rings. The SMILES string of the molecule is CC[C@@H](C)NC(=O)[C@H](CC)N(Cc1ccc(Cl)cc1)C(=O)CN(c1cccc(Cl)c1Cl)S(C)(=O)=O. The monoisotopic (exact) mass is 561 g/mol. The molecule has 1 N–H and O–H groups in total. The molecule has 0 radical (unpaired) electrons. The lowest BCUT2D eigenvalue weighted by Gasteiger charge is -2.33. The number of sulfonamides is 1. The standard InChI is InChI=1S/C24H30Cl3N3O4S/c1-5-16(3)28-24(32)20(6-2)29(14-17-10-12-18(25)13-11-17)22(31)15-30(35(4,33)34)21-9-7-8-19(26)23(21)27/h7-13,16,20H,5-6,14-15H2,1-4H3,(H,28,32)/t16-,20+/m1/s1. The molecular weight excluding hydrogens is 533 g/mol. The van der Waals surface area contributed by atoms with Gasteiger partial charge in [-0.3, -0.25) is 13.9 Å². The highest BCUT2D eigenvalue weighted by Gasteiger charge is 2.32. The van der Waals surface area contributed by atoms with Crippen molar-refractivity contribution in [2.75, 3.05) is 17.1 Å². The lowest BCUT2D eigenvalue weighted by atomic mass is 10.1. The second kappa shape index (κ2) is 12.8. The van der Waals surface area contributed by atoms with E-state index in [2.05, 4.69) is 5.32 Å². The van der Waals surface area contributed by atoms with Crippen molar-refractivity contribution in [2.45, 2.75) is 52.2 Å². The van der Waals surface area contributed by atoms with Crippen LogP contribution in [-0.4, -0.2) is 50.0 Å². The first-order chi connectivity index (χ1) is 16.4. The van der Waals surface area contributed by atoms with Gasteiger partial charge in [-0.1, -0.05) is 66.8 Å². The maximum absolute atomic E-state index is 13.6. The van der Waals surface area contributed by atoms with Gasteiger partial charge in [-0.25, -0.2) is 8.42 Å². The van der Waals surface area contributed by atoms with Gasteiger partial charge in [0.25, 0.3) is 0 Å². The van der Waals surface area contributed by atoms with Crippen LogP contribution in [0.5, 0.6) is 0 Å². The topological polar surface area (TPSA) is 86.8 Å². The highest BCUT2D eigenvalue weighted by Crippen LogP contribution is 2.33. The van der Waals surface area contributed by atoms with Crippen molar-refractivity contribution in [3.05, 3.63) is 63.1 Å². The van der Waals surface area contributed by atoms with Crippen molar-refractivity contribution in [1.29, 1.82) is 0 Å². The summed E-state index contributed by atoms with van der Waals surface area (Å²) >= 11 is 18.4. The molecule has 2 amide bonds. The molecule has 7 nitrogen and oxygen atoms in total. The third kappa shape index (κ3) is 8.00. The fraction of sp³-hybridized carbons (Fsp3) is 0.417. The number of halogens is 3. The molecule has 0 spiro atoms. The fourth-order valence-electron chi connectivity index (χ4n) is 3.43. The largest absolute Gasteiger partial charge is 0.352 e. The van der Waals surface area contributed by atoms with Gasteiger partial charge in [-0.2, -0.15) is 0 Å². The summed E-state index contributed by atoms with van der Waals surface area (Å²) in [6, 6.07) is 10.5. The van der Waals surface area contributed by atoms with Crippen LogP contribution in [0.2, 0.25) is 15.1 Å². The summed E-state index contributed by atoms with van der Waals surface area (Å²) in [7, 11) is -3.92. The van der Waals surface area contributed by atoms with E-state index in [0.717, 1.165) is 22.5 Å². The smallest absolute Gasteiger partial charge is 0.244 e. The van der Waals surface area contributed by atoms with E-state index in [4.69, 9.17) is 34.8 Å². The Kier molecular flexibility index (Phi) is 10.7. The van der Waals surface area contributed by atoms with E-state index in [9.17, 15) is 18.0 Å². The summed E-state index contributed by atoms with van der Waals surface area (Å²) in [5.74, 6) is -0.872. The molecule has 35 heavy (non-hydrogen) atoms. The summed E-state index contributed by atoms with van der Waals surface area (Å²) < 4.78 is 26.2. The Hall–Kier alpha value is -2.00. The number of carbonyl (C=O) groups excluding carboxylic acids is 2. The summed E-state index contributed by atoms with van der Waals surface area (Å²) in [6.45, 7) is 5.15. The Balaban J connectivity index is 2.47. The zero-order valence-electron chi connectivity index (χ0n) is 20.1. The first-order valence-electron chi connectivity index (χ1n) is 11.1. The van der Waals surface area contributed by atoms with Crippen LogP contribution in [0, 0.1) is 0 Å². The number of hydrogen-bond donors (Lipinski definition) is 1. The van der Waals surface area contributed by atoms with Crippen molar-refractivity contribution >= 4 is 62.3 Å². The van der Waals surface area contributed by atoms with Gasteiger partial charge in [-0.15, -0.1) is 0 Å². The molecule has 0 aliphatic carbocycles. The molecule has 0 aliphatic heterocycles. The normalized spacial score (nSPS) is 13.1. The minimum atomic E-state index is -3.92. The maximum Gasteiger partial charge on any atom is 0.244 e. The molecule has 0 bridgehead atoms. The Bertz CT molecular complexity index is 1140. The zero-order valence-corrected chi connectivity index (χ0v) is 23.2. The Morgan fingerprint density at radius 2 is 1.63 bits per heavy atom. The average Bonchev–Trinajstić information content (AvgIpc) is 2.79. The van der Waals surface area contributed by atoms with Gasteiger partial charge in [0.05, 0.1) is 22.0 Å². The zero-order chi connectivity index (χ0) is 26.3. The molecule has 0 saturated heterocycles. The van der Waals surface area contributed by atoms with Gasteiger partial charge >= 0.3 is 0 Å². The molecular formula is C24H30Cl3N3O4S. The molecule has 2 aromatic rings. The molecule has 0 saturated carbocycles. The second-order valence-electron chi connectivity index (χ2n) is 8.23. The minimum absolute atomic E-state index is 0.0122. The molecule has 0 unspecified atom stereocenters. The first kappa shape index (κ1) is 29.2. The highest BCUT2D eigenvalue weighted by atomic mass is 35.5. The van der Waals surface area contributed by atoms with Gasteiger partial charge in [0, 0.05) is 17.6 Å². The predicted octanol–water partition coefficient (Wildman–Crippen LogP) is 5.13. The molecule has 0 heterocycles. The molecule has 2 atom stereocenters. The molecule has 2 rings (SSSR count). The van der Waals surface area contributed by atoms with E-state index < -0.39 is 28.5 Å². The summed E-state index contributed by atoms with van der Waals surface area (Å²) in [5, 5.41) is 3.62. The quantitative estimate of drug-likeness (QED) is 0.411. The van der Waals surface area contributed by atoms with Crippen molar-refractivity contribution in [3.8, 4) is 0 Å². The highest BCUT2D eigenvalue weighted by molar-refractivity contribution is 7.92. The number of nitrogens with zero attached hydrogens (tertiary/aromatic N) is 2. The number of hydrogen-bond acceptors (Lipinski definition) is 4. The van der Waals surface area contributed by atoms with E-state index in [1.165, 1.54) is 17.0 Å². The summed E-state index contributed by atoms with van der Waals surface area (Å²) in [6.07, 6.45) is 2.04. The van der Waals surface area contributed by atoms with Crippen LogP contribution in [0.25, 0.3) is 0 Å². The van der Waals surface area contributed by atoms with Gasteiger partial charge in [-0.05, 0) is 49.6 Å². The van der Waals surface area contributed by atoms with Crippen LogP contribution >= 0.6 is 34.8 Å². The number of nitrogens with one attached hydrogen (secondary N) is 1. The number of benzene rings is 2. The third-order valence-electron chi connectivity index (χ3n) is 5.53. The van der Waals surface area contributed by atoms with Crippen molar-refractivity contribution in [3.63, 3.8) is 0 Å². The second-order valence-corrected chi connectivity index (χ2v) is 11.4. The molecule has 0 fully saturated rings. The Morgan fingerprint density at radius 1 is 1.00 bits per heavy atom. The van der Waals surface area contributed by atoms with Crippen LogP contribution in [0.15, 0.2) is 42.5 Å². The van der Waals surface area contributed by atoms with E-state index in [-0.39, 0.29) is 34.2 Å². The van der Waals surface area contributed by atoms with Crippen molar-refractivity contribution in [2.24, 2.45) is 0 Å². The van der Waals surface area contributed by atoms with E-state index in [1.807, 2.05) is 13.8 Å². The minimum Gasteiger partial charge on any atom is -0.352 e. The molecule has 2 aromatic carbocycles. The first-order valence-corrected chi connectivity index (χ1v) is 14.1. The van der Waals surface area contributed by atoms with Crippen LogP contribution in [0.3, 0.4) is 0 Å². The van der Waals surface area contributed by atoms with Crippen LogP contribution in [0.4, 0.5) is 5.69 Å². The van der Waals surface area contributed by atoms with Crippen LogP contribution in [-0.2, 0) is 26.2 Å². The lowest BCUT2D eigenvalue weighted by molar-refractivity contribution is -0.140. The molecule has 11 heteroatoms. The van der Waals surface area contributed by atoms with Gasteiger partial charge in [0.1, 0.15) is 12.6 Å². The number of anilines is 1. The van der Waals surface area contributed by atoms with E-state index in [0.29, 0.717) is 11.4 Å². The predicted molar refractivity (Wildman–Crippen MR) is 143 cm³/mol. The van der Waals surface area contributed by atoms with Crippen molar-refractivity contribution < 1.29 is 18.0 Å². The maximum atomic E-state index is 13.6. The Morgan fingerprint density at radius 3 is 2.17 bits per heavy atom. The number of rotatable bonds is 11.